The zero-order valence-corrected chi connectivity index (χ0v) is 15.9. The highest BCUT2D eigenvalue weighted by molar-refractivity contribution is 7.99. The molecule has 3 aromatic rings. The first kappa shape index (κ1) is 18.1. The molecule has 8 heteroatoms. The summed E-state index contributed by atoms with van der Waals surface area (Å²) in [7, 11) is 1.57. The van der Waals surface area contributed by atoms with E-state index in [0.717, 1.165) is 17.0 Å². The van der Waals surface area contributed by atoms with Crippen LogP contribution in [0.4, 0.5) is 5.69 Å². The first-order valence-electron chi connectivity index (χ1n) is 8.52. The number of rotatable bonds is 6. The summed E-state index contributed by atoms with van der Waals surface area (Å²) in [5, 5.41) is 11.9. The molecule has 28 heavy (non-hydrogen) atoms. The maximum absolute atomic E-state index is 12.2. The minimum Gasteiger partial charge on any atom is -0.495 e. The van der Waals surface area contributed by atoms with E-state index in [-0.39, 0.29) is 18.5 Å². The fourth-order valence-electron chi connectivity index (χ4n) is 2.68. The number of benzene rings is 2. The van der Waals surface area contributed by atoms with Crippen molar-refractivity contribution in [2.45, 2.75) is 5.03 Å². The van der Waals surface area contributed by atoms with Crippen LogP contribution in [0.5, 0.6) is 17.2 Å². The van der Waals surface area contributed by atoms with Gasteiger partial charge in [-0.05, 0) is 42.5 Å². The quantitative estimate of drug-likeness (QED) is 0.639. The average molecular weight is 395 g/mol. The monoisotopic (exact) mass is 395 g/mol. The van der Waals surface area contributed by atoms with E-state index in [1.165, 1.54) is 11.8 Å². The molecule has 0 spiro atoms. The molecule has 0 aliphatic carbocycles. The highest BCUT2D eigenvalue weighted by Crippen LogP contribution is 2.35. The number of fused-ring (bicyclic) bond motifs is 1. The van der Waals surface area contributed by atoms with E-state index < -0.39 is 0 Å². The number of ether oxygens (including phenoxy) is 3. The lowest BCUT2D eigenvalue weighted by molar-refractivity contribution is -0.113. The molecule has 0 atom stereocenters. The third-order valence-corrected chi connectivity index (χ3v) is 4.96. The molecule has 1 N–H and O–H groups in total. The Hall–Kier alpha value is -3.26. The van der Waals surface area contributed by atoms with Crippen molar-refractivity contribution in [1.29, 1.82) is 0 Å². The van der Waals surface area contributed by atoms with E-state index >= 15 is 0 Å². The molecule has 0 radical (unpaired) electrons. The number of carbonyl (C=O) groups excluding carboxylic acids is 1. The summed E-state index contributed by atoms with van der Waals surface area (Å²) in [5.41, 5.74) is 2.25. The van der Waals surface area contributed by atoms with Crippen molar-refractivity contribution in [3.8, 4) is 28.5 Å². The van der Waals surface area contributed by atoms with Crippen molar-refractivity contribution in [3.63, 3.8) is 0 Å². The van der Waals surface area contributed by atoms with Crippen molar-refractivity contribution in [2.24, 2.45) is 0 Å². The number of anilines is 1. The van der Waals surface area contributed by atoms with Crippen molar-refractivity contribution in [2.75, 3.05) is 25.0 Å². The summed E-state index contributed by atoms with van der Waals surface area (Å²) in [5.74, 6) is 2.12. The lowest BCUT2D eigenvalue weighted by Gasteiger charge is -2.09. The van der Waals surface area contributed by atoms with E-state index in [0.29, 0.717) is 22.2 Å². The predicted molar refractivity (Wildman–Crippen MR) is 106 cm³/mol. The highest BCUT2D eigenvalue weighted by atomic mass is 32.2. The summed E-state index contributed by atoms with van der Waals surface area (Å²) in [6.45, 7) is 0.233. The maximum Gasteiger partial charge on any atom is 0.234 e. The number of para-hydroxylation sites is 2. The van der Waals surface area contributed by atoms with Gasteiger partial charge in [0, 0.05) is 5.56 Å². The number of aromatic nitrogens is 2. The summed E-state index contributed by atoms with van der Waals surface area (Å²) < 4.78 is 15.9. The summed E-state index contributed by atoms with van der Waals surface area (Å²) >= 11 is 1.31. The van der Waals surface area contributed by atoms with Gasteiger partial charge in [-0.15, -0.1) is 10.2 Å². The molecule has 142 valence electrons. The molecular weight excluding hydrogens is 378 g/mol. The van der Waals surface area contributed by atoms with Gasteiger partial charge in [0.1, 0.15) is 10.8 Å². The van der Waals surface area contributed by atoms with Crippen LogP contribution in [0.3, 0.4) is 0 Å². The normalized spacial score (nSPS) is 11.9. The fourth-order valence-corrected chi connectivity index (χ4v) is 3.29. The second-order valence-electron chi connectivity index (χ2n) is 5.86. The Labute approximate surface area is 166 Å². The predicted octanol–water partition coefficient (Wildman–Crippen LogP) is 3.61. The third-order valence-electron chi connectivity index (χ3n) is 4.04. The lowest BCUT2D eigenvalue weighted by atomic mass is 10.1. The largest absolute Gasteiger partial charge is 0.495 e. The second kappa shape index (κ2) is 8.18. The molecule has 1 aromatic heterocycles. The Morgan fingerprint density at radius 1 is 1.11 bits per heavy atom. The maximum atomic E-state index is 12.2. The van der Waals surface area contributed by atoms with E-state index in [9.17, 15) is 4.79 Å². The summed E-state index contributed by atoms with van der Waals surface area (Å²) in [6.07, 6.45) is 0. The average Bonchev–Trinajstić information content (AvgIpc) is 3.21. The van der Waals surface area contributed by atoms with Crippen LogP contribution < -0.4 is 19.5 Å². The summed E-state index contributed by atoms with van der Waals surface area (Å²) in [6, 6.07) is 16.6. The first-order chi connectivity index (χ1) is 13.7. The molecule has 1 amide bonds. The van der Waals surface area contributed by atoms with Crippen LogP contribution in [0.2, 0.25) is 0 Å². The van der Waals surface area contributed by atoms with Crippen molar-refractivity contribution >= 4 is 23.4 Å². The van der Waals surface area contributed by atoms with Crippen LogP contribution in [-0.2, 0) is 4.79 Å². The summed E-state index contributed by atoms with van der Waals surface area (Å²) in [4.78, 5) is 12.2. The number of amides is 1. The molecule has 1 aliphatic rings. The van der Waals surface area contributed by atoms with Crippen LogP contribution in [0.1, 0.15) is 0 Å². The molecule has 0 fully saturated rings. The molecule has 7 nitrogen and oxygen atoms in total. The molecule has 2 aromatic carbocycles. The zero-order valence-electron chi connectivity index (χ0n) is 15.0. The number of methoxy groups -OCH3 is 1. The van der Waals surface area contributed by atoms with E-state index in [2.05, 4.69) is 15.5 Å². The van der Waals surface area contributed by atoms with Crippen LogP contribution in [0, 0.1) is 0 Å². The molecule has 1 aliphatic heterocycles. The van der Waals surface area contributed by atoms with Crippen LogP contribution in [0.25, 0.3) is 11.3 Å². The molecule has 2 heterocycles. The van der Waals surface area contributed by atoms with Gasteiger partial charge >= 0.3 is 0 Å². The topological polar surface area (TPSA) is 82.6 Å². The minimum absolute atomic E-state index is 0.142. The van der Waals surface area contributed by atoms with Crippen LogP contribution in [0.15, 0.2) is 59.6 Å². The van der Waals surface area contributed by atoms with Gasteiger partial charge in [0.15, 0.2) is 11.5 Å². The fraction of sp³-hybridized carbons (Fsp3) is 0.150. The van der Waals surface area contributed by atoms with E-state index in [1.54, 1.807) is 19.2 Å². The zero-order chi connectivity index (χ0) is 19.3. The standard InChI is InChI=1S/C20H17N3O4S/c1-25-16-5-3-2-4-15(16)21-19(24)11-28-20-9-7-14(22-23-20)13-6-8-17-18(10-13)27-12-26-17/h2-10H,11-12H2,1H3,(H,21,24). The number of nitrogens with one attached hydrogen (secondary N) is 1. The van der Waals surface area contributed by atoms with Gasteiger partial charge in [-0.2, -0.15) is 0 Å². The van der Waals surface area contributed by atoms with Gasteiger partial charge in [0.25, 0.3) is 0 Å². The molecule has 0 unspecified atom stereocenters. The Morgan fingerprint density at radius 3 is 2.79 bits per heavy atom. The van der Waals surface area contributed by atoms with Gasteiger partial charge in [-0.3, -0.25) is 4.79 Å². The van der Waals surface area contributed by atoms with Gasteiger partial charge in [-0.1, -0.05) is 23.9 Å². The molecule has 4 rings (SSSR count). The van der Waals surface area contributed by atoms with Crippen molar-refractivity contribution in [3.05, 3.63) is 54.6 Å². The SMILES string of the molecule is COc1ccccc1NC(=O)CSc1ccc(-c2ccc3c(c2)OCO3)nn1. The van der Waals surface area contributed by atoms with Gasteiger partial charge in [-0.25, -0.2) is 0 Å². The molecule has 0 saturated heterocycles. The first-order valence-corrected chi connectivity index (χ1v) is 9.51. The van der Waals surface area contributed by atoms with E-state index in [4.69, 9.17) is 14.2 Å². The molecule has 0 bridgehead atoms. The number of carbonyl (C=O) groups is 1. The van der Waals surface area contributed by atoms with Crippen LogP contribution in [-0.4, -0.2) is 35.8 Å². The van der Waals surface area contributed by atoms with Gasteiger partial charge in [0.2, 0.25) is 12.7 Å². The number of nitrogens with zero attached hydrogens (tertiary/aromatic N) is 2. The van der Waals surface area contributed by atoms with Gasteiger partial charge in [0.05, 0.1) is 24.2 Å². The third kappa shape index (κ3) is 4.01. The Balaban J connectivity index is 1.36. The van der Waals surface area contributed by atoms with Crippen molar-refractivity contribution < 1.29 is 19.0 Å². The van der Waals surface area contributed by atoms with Gasteiger partial charge < -0.3 is 19.5 Å². The van der Waals surface area contributed by atoms with Crippen molar-refractivity contribution in [1.82, 2.24) is 10.2 Å². The molecule has 0 saturated carbocycles. The number of thioether (sulfide) groups is 1. The number of hydrogen-bond donors (Lipinski definition) is 1. The minimum atomic E-state index is -0.142. The highest BCUT2D eigenvalue weighted by Gasteiger charge is 2.14. The Kier molecular flexibility index (Phi) is 5.29. The van der Waals surface area contributed by atoms with E-state index in [1.807, 2.05) is 42.5 Å². The molecular formula is C20H17N3O4S. The smallest absolute Gasteiger partial charge is 0.234 e. The Morgan fingerprint density at radius 2 is 1.96 bits per heavy atom. The lowest BCUT2D eigenvalue weighted by Crippen LogP contribution is -2.14. The Bertz CT molecular complexity index is 995. The number of hydrogen-bond acceptors (Lipinski definition) is 7. The van der Waals surface area contributed by atoms with Crippen LogP contribution >= 0.6 is 11.8 Å². The second-order valence-corrected chi connectivity index (χ2v) is 6.86.